The molecule has 9 rings (SSSR count). The molecule has 2 saturated heterocycles. The first-order valence-electron chi connectivity index (χ1n) is 18.9. The summed E-state index contributed by atoms with van der Waals surface area (Å²) in [6.45, 7) is 0. The van der Waals surface area contributed by atoms with Gasteiger partial charge in [-0.1, -0.05) is 65.7 Å². The molecule has 3 fully saturated rings. The molecule has 10 nitrogen and oxygen atoms in total. The number of rotatable bonds is 8. The number of nitrogens with one attached hydrogen (secondary N) is 1. The highest BCUT2D eigenvalue weighted by Gasteiger charge is 2.70. The summed E-state index contributed by atoms with van der Waals surface area (Å²) >= 11 is 8.39. The molecule has 2 aliphatic carbocycles. The summed E-state index contributed by atoms with van der Waals surface area (Å²) in [4.78, 5) is 73.8. The van der Waals surface area contributed by atoms with Gasteiger partial charge in [-0.3, -0.25) is 34.3 Å². The lowest BCUT2D eigenvalue weighted by atomic mass is 9.49. The Morgan fingerprint density at radius 3 is 2.22 bits per heavy atom. The van der Waals surface area contributed by atoms with Crippen molar-refractivity contribution in [2.45, 2.75) is 24.2 Å². The average molecular weight is 922 g/mol. The molecule has 0 aromatic heterocycles. The molecule has 2 N–H and O–H groups in total. The third-order valence-corrected chi connectivity index (χ3v) is 13.4. The van der Waals surface area contributed by atoms with Crippen molar-refractivity contribution in [3.05, 3.63) is 164 Å². The van der Waals surface area contributed by atoms with E-state index in [9.17, 15) is 28.7 Å². The number of carbonyl (C=O) groups excluding carboxylic acids is 5. The maximum Gasteiger partial charge on any atom is 0.260 e. The van der Waals surface area contributed by atoms with E-state index in [0.717, 1.165) is 5.01 Å². The van der Waals surface area contributed by atoms with Crippen LogP contribution in [0.2, 0.25) is 5.02 Å². The molecular weight excluding hydrogens is 888 g/mol. The Bertz CT molecular complexity index is 2600. The summed E-state index contributed by atoms with van der Waals surface area (Å²) < 4.78 is 20.0. The number of ether oxygens (including phenoxy) is 1. The summed E-state index contributed by atoms with van der Waals surface area (Å²) in [5.41, 5.74) is 4.62. The quantitative estimate of drug-likeness (QED) is 0.0689. The number of nitrogens with zero attached hydrogens (tertiary/aromatic N) is 2. The van der Waals surface area contributed by atoms with E-state index in [1.54, 1.807) is 84.9 Å². The zero-order valence-corrected chi connectivity index (χ0v) is 34.2. The molecule has 4 amide bonds. The maximum atomic E-state index is 15.4. The van der Waals surface area contributed by atoms with E-state index in [4.69, 9.17) is 16.3 Å². The largest absolute Gasteiger partial charge is 0.504 e. The van der Waals surface area contributed by atoms with Crippen LogP contribution in [-0.2, 0) is 24.6 Å². The monoisotopic (exact) mass is 921 g/mol. The number of benzene rings is 5. The van der Waals surface area contributed by atoms with Gasteiger partial charge in [0.2, 0.25) is 11.8 Å². The number of aromatic hydroxyl groups is 1. The lowest BCUT2D eigenvalue weighted by molar-refractivity contribution is -0.138. The number of anilines is 2. The van der Waals surface area contributed by atoms with Gasteiger partial charge in [-0.2, -0.15) is 5.01 Å². The number of hydrogen-bond donors (Lipinski definition) is 2. The number of phenolic OH excluding ortho intramolecular Hbond substituents is 1. The molecule has 59 heavy (non-hydrogen) atoms. The third kappa shape index (κ3) is 6.05. The smallest absolute Gasteiger partial charge is 0.260 e. The second-order valence-electron chi connectivity index (χ2n) is 15.2. The minimum absolute atomic E-state index is 0.0436. The Morgan fingerprint density at radius 2 is 1.54 bits per heavy atom. The molecule has 6 atom stereocenters. The second kappa shape index (κ2) is 14.8. The van der Waals surface area contributed by atoms with Crippen LogP contribution in [0.5, 0.6) is 11.5 Å². The molecule has 296 valence electrons. The van der Waals surface area contributed by atoms with Crippen LogP contribution in [0.25, 0.3) is 0 Å². The van der Waals surface area contributed by atoms with Crippen LogP contribution in [-0.4, -0.2) is 46.6 Å². The minimum atomic E-state index is -1.61. The average Bonchev–Trinajstić information content (AvgIpc) is 3.63. The fraction of sp³-hybridized carbons (Fsp3) is 0.196. The Kier molecular flexibility index (Phi) is 9.66. The van der Waals surface area contributed by atoms with Crippen LogP contribution in [0.15, 0.2) is 127 Å². The molecule has 13 heteroatoms. The highest BCUT2D eigenvalue weighted by atomic mass is 127. The number of fused-ring (bicyclic) bond motifs is 4. The number of imide groups is 2. The van der Waals surface area contributed by atoms with Gasteiger partial charge in [-0.25, -0.2) is 4.39 Å². The fourth-order valence-corrected chi connectivity index (χ4v) is 10.5. The Hall–Kier alpha value is -5.86. The molecule has 0 spiro atoms. The minimum Gasteiger partial charge on any atom is -0.504 e. The highest BCUT2D eigenvalue weighted by molar-refractivity contribution is 14.1. The molecule has 5 aromatic rings. The van der Waals surface area contributed by atoms with Crippen molar-refractivity contribution < 1.29 is 38.2 Å². The number of allylic oxidation sites excluding steroid dienone is 2. The van der Waals surface area contributed by atoms with Crippen LogP contribution in [0.3, 0.4) is 0 Å². The zero-order valence-electron chi connectivity index (χ0n) is 31.3. The highest BCUT2D eigenvalue weighted by Crippen LogP contribution is 2.64. The number of methoxy groups -OCH3 is 1. The van der Waals surface area contributed by atoms with E-state index in [0.29, 0.717) is 47.8 Å². The van der Waals surface area contributed by atoms with E-state index in [1.165, 1.54) is 36.3 Å². The number of carbonyl (C=O) groups is 5. The molecule has 1 saturated carbocycles. The summed E-state index contributed by atoms with van der Waals surface area (Å²) in [6, 6.07) is 30.6. The van der Waals surface area contributed by atoms with Crippen LogP contribution in [0.4, 0.5) is 15.8 Å². The molecule has 0 unspecified atom stereocenters. The molecule has 2 aliphatic heterocycles. The van der Waals surface area contributed by atoms with Gasteiger partial charge in [0.05, 0.1) is 45.2 Å². The predicted octanol–water partition coefficient (Wildman–Crippen LogP) is 8.22. The summed E-state index contributed by atoms with van der Waals surface area (Å²) in [7, 11) is 1.42. The van der Waals surface area contributed by atoms with E-state index >= 15 is 4.79 Å². The van der Waals surface area contributed by atoms with Crippen LogP contribution in [0, 0.1) is 33.1 Å². The standard InChI is InChI=1S/C46H34ClFIN3O7/c1-59-37-22-26(21-36(49)41(37)54)39-32-19-20-33-38(44(57)51(42(33)55)31-17-7-25(8-18-31)40(53)24-5-3-2-4-6-24)34(32)23-35-43(56)52(50-30-15-13-29(48)14-16-30)45(58)46(35,39)27-9-11-28(47)12-10-27/h2-19,21-22,33-35,38-39,50,54H,20,23H2,1H3/t33-,34+,35-,38-,39-,46+/m0/s1. The van der Waals surface area contributed by atoms with E-state index in [2.05, 4.69) is 5.43 Å². The Morgan fingerprint density at radius 1 is 0.864 bits per heavy atom. The van der Waals surface area contributed by atoms with E-state index in [1.807, 2.05) is 34.7 Å². The fourth-order valence-electron chi connectivity index (χ4n) is 9.72. The number of amides is 4. The molecule has 0 radical (unpaired) electrons. The van der Waals surface area contributed by atoms with Gasteiger partial charge < -0.3 is 9.84 Å². The van der Waals surface area contributed by atoms with Crippen LogP contribution < -0.4 is 15.1 Å². The van der Waals surface area contributed by atoms with Crippen molar-refractivity contribution >= 4 is 75.0 Å². The first-order chi connectivity index (χ1) is 28.4. The topological polar surface area (TPSA) is 133 Å². The Balaban J connectivity index is 1.17. The van der Waals surface area contributed by atoms with Crippen LogP contribution >= 0.6 is 34.2 Å². The summed E-state index contributed by atoms with van der Waals surface area (Å²) in [5.74, 6) is -6.86. The molecule has 5 aromatic carbocycles. The van der Waals surface area contributed by atoms with Gasteiger partial charge in [0, 0.05) is 22.1 Å². The second-order valence-corrected chi connectivity index (χ2v) is 16.8. The molecule has 2 heterocycles. The van der Waals surface area contributed by atoms with Gasteiger partial charge in [0.15, 0.2) is 17.3 Å². The van der Waals surface area contributed by atoms with Crippen molar-refractivity contribution in [2.24, 2.45) is 23.7 Å². The number of ketones is 1. The van der Waals surface area contributed by atoms with Crippen molar-refractivity contribution in [2.75, 3.05) is 17.4 Å². The van der Waals surface area contributed by atoms with Crippen molar-refractivity contribution in [1.29, 1.82) is 0 Å². The lowest BCUT2D eigenvalue weighted by Crippen LogP contribution is -2.53. The van der Waals surface area contributed by atoms with Crippen LogP contribution in [0.1, 0.15) is 45.8 Å². The zero-order chi connectivity index (χ0) is 41.3. The number of halogens is 3. The van der Waals surface area contributed by atoms with Gasteiger partial charge in [0.1, 0.15) is 5.82 Å². The third-order valence-electron chi connectivity index (χ3n) is 12.3. The van der Waals surface area contributed by atoms with Gasteiger partial charge in [-0.15, -0.1) is 0 Å². The number of hydrogen-bond acceptors (Lipinski definition) is 8. The summed E-state index contributed by atoms with van der Waals surface area (Å²) in [5, 5.41) is 12.4. The van der Waals surface area contributed by atoms with Crippen molar-refractivity contribution in [1.82, 2.24) is 5.01 Å². The number of phenols is 1. The molecule has 4 aliphatic rings. The first-order valence-corrected chi connectivity index (χ1v) is 20.4. The number of hydrazine groups is 1. The van der Waals surface area contributed by atoms with Crippen molar-refractivity contribution in [3.63, 3.8) is 0 Å². The molecular formula is C46H34ClFIN3O7. The maximum absolute atomic E-state index is 15.4. The van der Waals surface area contributed by atoms with Crippen molar-refractivity contribution in [3.8, 4) is 11.5 Å². The predicted molar refractivity (Wildman–Crippen MR) is 225 cm³/mol. The Labute approximate surface area is 356 Å². The van der Waals surface area contributed by atoms with Gasteiger partial charge in [-0.05, 0) is 125 Å². The van der Waals surface area contributed by atoms with Gasteiger partial charge >= 0.3 is 0 Å². The SMILES string of the molecule is COc1cc([C@H]2C3=CC[C@@H]4C(=O)N(c5ccc(C(=O)c6ccccc6)cc5)C(=O)[C@@H]4[C@@H]3C[C@H]3C(=O)N(Nc4ccc(F)cc4)C(=O)[C@@]23c2ccc(Cl)cc2)cc(I)c1O. The first kappa shape index (κ1) is 38.6. The lowest BCUT2D eigenvalue weighted by Gasteiger charge is -2.50. The summed E-state index contributed by atoms with van der Waals surface area (Å²) in [6.07, 6.45) is 2.16. The van der Waals surface area contributed by atoms with E-state index < -0.39 is 64.5 Å². The normalized spacial score (nSPS) is 24.7. The van der Waals surface area contributed by atoms with E-state index in [-0.39, 0.29) is 30.1 Å². The van der Waals surface area contributed by atoms with Gasteiger partial charge in [0.25, 0.3) is 11.8 Å². The molecule has 0 bridgehead atoms.